The fourth-order valence-corrected chi connectivity index (χ4v) is 3.59. The van der Waals surface area contributed by atoms with Crippen LogP contribution in [0.3, 0.4) is 0 Å². The number of nitrogens with two attached hydrogens (primary N) is 1. The van der Waals surface area contributed by atoms with Gasteiger partial charge in [-0.2, -0.15) is 0 Å². The number of allylic oxidation sites excluding steroid dienone is 5. The van der Waals surface area contributed by atoms with E-state index in [-0.39, 0.29) is 5.41 Å². The number of rotatable bonds is 4. The molecule has 0 aromatic heterocycles. The van der Waals surface area contributed by atoms with Crippen molar-refractivity contribution in [3.8, 4) is 0 Å². The lowest BCUT2D eigenvalue weighted by Crippen LogP contribution is -2.29. The van der Waals surface area contributed by atoms with E-state index in [0.29, 0.717) is 0 Å². The Balaban J connectivity index is 0.000000552. The van der Waals surface area contributed by atoms with Gasteiger partial charge in [0, 0.05) is 17.6 Å². The fraction of sp³-hybridized carbons (Fsp3) is 0.192. The molecule has 0 saturated carbocycles. The van der Waals surface area contributed by atoms with Crippen molar-refractivity contribution in [1.82, 2.24) is 0 Å². The Kier molecular flexibility index (Phi) is 6.18. The zero-order chi connectivity index (χ0) is 20.9. The van der Waals surface area contributed by atoms with E-state index in [0.717, 1.165) is 29.2 Å². The highest BCUT2D eigenvalue weighted by Crippen LogP contribution is 2.43. The Hall–Kier alpha value is -3.33. The van der Waals surface area contributed by atoms with Gasteiger partial charge in [0.15, 0.2) is 0 Å². The van der Waals surface area contributed by atoms with Crippen LogP contribution in [0.1, 0.15) is 31.9 Å². The van der Waals surface area contributed by atoms with Crippen LogP contribution in [0.5, 0.6) is 0 Å². The van der Waals surface area contributed by atoms with Crippen LogP contribution in [0.15, 0.2) is 95.8 Å². The van der Waals surface area contributed by atoms with Crippen LogP contribution in [-0.4, -0.2) is 5.71 Å². The molecule has 1 unspecified atom stereocenters. The summed E-state index contributed by atoms with van der Waals surface area (Å²) >= 11 is 0. The van der Waals surface area contributed by atoms with Gasteiger partial charge in [-0.3, -0.25) is 4.99 Å². The van der Waals surface area contributed by atoms with Crippen molar-refractivity contribution < 1.29 is 0 Å². The average Bonchev–Trinajstić information content (AvgIpc) is 3.33. The lowest BCUT2D eigenvalue weighted by Gasteiger charge is -2.28. The minimum absolute atomic E-state index is 0.247. The molecule has 3 nitrogen and oxygen atoms in total. The summed E-state index contributed by atoms with van der Waals surface area (Å²) in [6.45, 7) is 10.4. The van der Waals surface area contributed by atoms with Crippen LogP contribution >= 0.6 is 0 Å². The van der Waals surface area contributed by atoms with Crippen LogP contribution in [0.2, 0.25) is 0 Å². The summed E-state index contributed by atoms with van der Waals surface area (Å²) in [5.41, 5.74) is 13.0. The molecular formula is C26H29N3. The van der Waals surface area contributed by atoms with Crippen molar-refractivity contribution in [2.75, 3.05) is 11.1 Å². The normalized spacial score (nSPS) is 19.3. The van der Waals surface area contributed by atoms with Gasteiger partial charge in [-0.25, -0.2) is 0 Å². The highest BCUT2D eigenvalue weighted by molar-refractivity contribution is 6.11. The summed E-state index contributed by atoms with van der Waals surface area (Å²) in [5, 5.41) is 3.35. The Morgan fingerprint density at radius 2 is 1.90 bits per heavy atom. The Morgan fingerprint density at radius 1 is 1.14 bits per heavy atom. The molecule has 1 heterocycles. The summed E-state index contributed by atoms with van der Waals surface area (Å²) in [6, 6.07) is 16.2. The van der Waals surface area contributed by atoms with Gasteiger partial charge in [-0.15, -0.1) is 0 Å². The third-order valence-corrected chi connectivity index (χ3v) is 5.34. The molecule has 0 fully saturated rings. The van der Waals surface area contributed by atoms with Crippen LogP contribution in [-0.2, 0) is 6.42 Å². The van der Waals surface area contributed by atoms with Gasteiger partial charge >= 0.3 is 0 Å². The van der Waals surface area contributed by atoms with Gasteiger partial charge < -0.3 is 11.1 Å². The highest BCUT2D eigenvalue weighted by Gasteiger charge is 2.38. The van der Waals surface area contributed by atoms with E-state index in [9.17, 15) is 0 Å². The van der Waals surface area contributed by atoms with E-state index >= 15 is 0 Å². The molecule has 0 spiro atoms. The van der Waals surface area contributed by atoms with Gasteiger partial charge in [0.05, 0.1) is 16.8 Å². The van der Waals surface area contributed by atoms with Gasteiger partial charge in [0.1, 0.15) is 0 Å². The minimum atomic E-state index is -0.247. The largest absolute Gasteiger partial charge is 0.399 e. The maximum Gasteiger partial charge on any atom is 0.0770 e. The molecule has 2 aliphatic rings. The average molecular weight is 384 g/mol. The lowest BCUT2D eigenvalue weighted by molar-refractivity contribution is 0.711. The first-order valence-electron chi connectivity index (χ1n) is 9.92. The molecule has 2 aromatic rings. The molecule has 1 atom stereocenters. The fourth-order valence-electron chi connectivity index (χ4n) is 3.59. The van der Waals surface area contributed by atoms with Gasteiger partial charge in [-0.05, 0) is 62.1 Å². The van der Waals surface area contributed by atoms with Crippen molar-refractivity contribution in [1.29, 1.82) is 0 Å². The SMILES string of the molecule is C/C=C\C.C=C(Nc1cccc(N)c1)C1=NC=CC1(C)C1=Cc2ccccc2C1. The molecule has 4 rings (SSSR count). The first-order valence-corrected chi connectivity index (χ1v) is 9.92. The molecule has 0 amide bonds. The first-order chi connectivity index (χ1) is 14.0. The second-order valence-corrected chi connectivity index (χ2v) is 7.44. The standard InChI is InChI=1S/C22H21N3.C4H8/c1-15(25-20-9-5-8-19(23)14-20)21-22(2,10-11-24-21)18-12-16-6-3-4-7-17(16)13-18;1-3-4-2/h3-12,14,25H,1,13,23H2,2H3;3-4H,1-2H3/b;4-3-. The van der Waals surface area contributed by atoms with Gasteiger partial charge in [0.2, 0.25) is 0 Å². The predicted molar refractivity (Wildman–Crippen MR) is 127 cm³/mol. The highest BCUT2D eigenvalue weighted by atomic mass is 14.9. The summed E-state index contributed by atoms with van der Waals surface area (Å²) in [4.78, 5) is 4.62. The summed E-state index contributed by atoms with van der Waals surface area (Å²) < 4.78 is 0. The van der Waals surface area contributed by atoms with Crippen molar-refractivity contribution in [3.63, 3.8) is 0 Å². The molecule has 148 valence electrons. The number of nitrogens with one attached hydrogen (secondary N) is 1. The number of anilines is 2. The summed E-state index contributed by atoms with van der Waals surface area (Å²) in [5.74, 6) is 0. The summed E-state index contributed by atoms with van der Waals surface area (Å²) in [7, 11) is 0. The van der Waals surface area contributed by atoms with Crippen LogP contribution < -0.4 is 11.1 Å². The Labute approximate surface area is 174 Å². The number of fused-ring (bicyclic) bond motifs is 1. The predicted octanol–water partition coefficient (Wildman–Crippen LogP) is 6.39. The van der Waals surface area contributed by atoms with Crippen molar-refractivity contribution in [3.05, 3.63) is 102 Å². The second kappa shape index (κ2) is 8.78. The maximum atomic E-state index is 5.87. The zero-order valence-electron chi connectivity index (χ0n) is 17.4. The van der Waals surface area contributed by atoms with E-state index in [1.807, 2.05) is 56.5 Å². The molecule has 1 aliphatic heterocycles. The topological polar surface area (TPSA) is 50.4 Å². The molecule has 29 heavy (non-hydrogen) atoms. The van der Waals surface area contributed by atoms with Crippen LogP contribution in [0.25, 0.3) is 6.08 Å². The molecule has 3 heteroatoms. The molecule has 3 N–H and O–H groups in total. The van der Waals surface area contributed by atoms with E-state index in [2.05, 4.69) is 60.2 Å². The third kappa shape index (κ3) is 4.40. The van der Waals surface area contributed by atoms with E-state index < -0.39 is 0 Å². The van der Waals surface area contributed by atoms with Crippen molar-refractivity contribution in [2.45, 2.75) is 27.2 Å². The quantitative estimate of drug-likeness (QED) is 0.475. The second-order valence-electron chi connectivity index (χ2n) is 7.44. The number of aliphatic imine (C=N–C) groups is 1. The minimum Gasteiger partial charge on any atom is -0.399 e. The van der Waals surface area contributed by atoms with E-state index in [4.69, 9.17) is 5.73 Å². The molecule has 0 saturated heterocycles. The number of benzene rings is 2. The Bertz CT molecular complexity index is 1020. The molecule has 0 bridgehead atoms. The van der Waals surface area contributed by atoms with Crippen LogP contribution in [0.4, 0.5) is 11.4 Å². The number of nitrogens with zero attached hydrogens (tertiary/aromatic N) is 1. The first kappa shape index (κ1) is 20.4. The lowest BCUT2D eigenvalue weighted by atomic mass is 9.76. The molecular weight excluding hydrogens is 354 g/mol. The number of hydrogen-bond acceptors (Lipinski definition) is 3. The Morgan fingerprint density at radius 3 is 2.59 bits per heavy atom. The zero-order valence-corrected chi connectivity index (χ0v) is 17.4. The molecule has 2 aromatic carbocycles. The van der Waals surface area contributed by atoms with E-state index in [1.54, 1.807) is 0 Å². The van der Waals surface area contributed by atoms with Crippen molar-refractivity contribution in [2.24, 2.45) is 10.4 Å². The third-order valence-electron chi connectivity index (χ3n) is 5.34. The maximum absolute atomic E-state index is 5.87. The van der Waals surface area contributed by atoms with Crippen LogP contribution in [0, 0.1) is 5.41 Å². The summed E-state index contributed by atoms with van der Waals surface area (Å²) in [6.07, 6.45) is 11.3. The van der Waals surface area contributed by atoms with Gasteiger partial charge in [-0.1, -0.05) is 61.2 Å². The molecule has 1 aliphatic carbocycles. The van der Waals surface area contributed by atoms with Crippen molar-refractivity contribution >= 4 is 23.2 Å². The van der Waals surface area contributed by atoms with E-state index in [1.165, 1.54) is 16.7 Å². The number of hydrogen-bond donors (Lipinski definition) is 2. The molecule has 0 radical (unpaired) electrons. The smallest absolute Gasteiger partial charge is 0.0770 e. The number of nitrogen functional groups attached to an aromatic ring is 1. The monoisotopic (exact) mass is 383 g/mol. The van der Waals surface area contributed by atoms with Gasteiger partial charge in [0.25, 0.3) is 0 Å².